The summed E-state index contributed by atoms with van der Waals surface area (Å²) in [6, 6.07) is 2.16. The van der Waals surface area contributed by atoms with E-state index in [1.54, 1.807) is 11.4 Å². The van der Waals surface area contributed by atoms with Gasteiger partial charge in [0.05, 0.1) is 4.90 Å². The summed E-state index contributed by atoms with van der Waals surface area (Å²) in [6.45, 7) is 6.13. The topological polar surface area (TPSA) is 75.4 Å². The van der Waals surface area contributed by atoms with Gasteiger partial charge in [-0.3, -0.25) is 0 Å². The Balaban J connectivity index is 2.34. The van der Waals surface area contributed by atoms with E-state index in [2.05, 4.69) is 30.5 Å². The van der Waals surface area contributed by atoms with Crippen LogP contribution in [-0.4, -0.2) is 39.5 Å². The highest BCUT2D eigenvalue weighted by atomic mass is 32.2. The molecule has 7 heteroatoms. The number of hydrogen-bond donors (Lipinski definition) is 2. The fraction of sp³-hybridized carbons (Fsp3) is 0.692. The van der Waals surface area contributed by atoms with E-state index < -0.39 is 10.0 Å². The van der Waals surface area contributed by atoms with Crippen LogP contribution in [0.3, 0.4) is 0 Å². The average molecular weight is 319 g/mol. The summed E-state index contributed by atoms with van der Waals surface area (Å²) in [5.41, 5.74) is 5.49. The number of nitrogens with two attached hydrogens (primary N) is 1. The van der Waals surface area contributed by atoms with Crippen molar-refractivity contribution in [3.63, 3.8) is 0 Å². The van der Waals surface area contributed by atoms with Gasteiger partial charge >= 0.3 is 0 Å². The zero-order valence-electron chi connectivity index (χ0n) is 12.4. The molecule has 0 atom stereocenters. The lowest BCUT2D eigenvalue weighted by atomic mass is 10.2. The molecular weight excluding hydrogens is 294 g/mol. The Bertz CT molecular complexity index is 497. The van der Waals surface area contributed by atoms with Gasteiger partial charge in [0.25, 0.3) is 0 Å². The van der Waals surface area contributed by atoms with Crippen LogP contribution in [0.2, 0.25) is 0 Å². The van der Waals surface area contributed by atoms with Gasteiger partial charge in [-0.1, -0.05) is 0 Å². The molecule has 0 aromatic carbocycles. The molecule has 0 aliphatic carbocycles. The molecule has 1 heterocycles. The Kier molecular flexibility index (Phi) is 7.11. The summed E-state index contributed by atoms with van der Waals surface area (Å²) in [5, 5.41) is 1.64. The van der Waals surface area contributed by atoms with Gasteiger partial charge in [0.15, 0.2) is 0 Å². The van der Waals surface area contributed by atoms with Crippen LogP contribution in [0.25, 0.3) is 0 Å². The SMILES string of the molecule is CC(C)N(C)CCCCNS(=O)(=O)c1csc(CN)c1. The molecule has 0 aliphatic rings. The molecule has 0 spiro atoms. The van der Waals surface area contributed by atoms with Gasteiger partial charge in [-0.05, 0) is 46.3 Å². The number of nitrogens with zero attached hydrogens (tertiary/aromatic N) is 1. The van der Waals surface area contributed by atoms with Crippen molar-refractivity contribution in [2.24, 2.45) is 5.73 Å². The van der Waals surface area contributed by atoms with Crippen LogP contribution < -0.4 is 10.5 Å². The Morgan fingerprint density at radius 2 is 2.10 bits per heavy atom. The maximum Gasteiger partial charge on any atom is 0.241 e. The molecule has 3 N–H and O–H groups in total. The van der Waals surface area contributed by atoms with Crippen molar-refractivity contribution in [1.82, 2.24) is 9.62 Å². The molecule has 5 nitrogen and oxygen atoms in total. The molecule has 0 amide bonds. The predicted octanol–water partition coefficient (Wildman–Crippen LogP) is 1.61. The Hall–Kier alpha value is -0.470. The van der Waals surface area contributed by atoms with Crippen molar-refractivity contribution < 1.29 is 8.42 Å². The van der Waals surface area contributed by atoms with Crippen molar-refractivity contribution in [1.29, 1.82) is 0 Å². The minimum atomic E-state index is -3.38. The number of unbranched alkanes of at least 4 members (excludes halogenated alkanes) is 1. The smallest absolute Gasteiger partial charge is 0.241 e. The van der Waals surface area contributed by atoms with Crippen LogP contribution in [0.15, 0.2) is 16.3 Å². The summed E-state index contributed by atoms with van der Waals surface area (Å²) in [6.07, 6.45) is 1.82. The number of rotatable bonds is 9. The fourth-order valence-electron chi connectivity index (χ4n) is 1.64. The van der Waals surface area contributed by atoms with E-state index >= 15 is 0 Å². The Morgan fingerprint density at radius 1 is 1.40 bits per heavy atom. The first kappa shape index (κ1) is 17.6. The molecule has 1 aromatic rings. The second-order valence-corrected chi connectivity index (χ2v) is 7.89. The monoisotopic (exact) mass is 319 g/mol. The van der Waals surface area contributed by atoms with Gasteiger partial charge in [0.2, 0.25) is 10.0 Å². The largest absolute Gasteiger partial charge is 0.326 e. The third-order valence-corrected chi connectivity index (χ3v) is 5.80. The second kappa shape index (κ2) is 8.09. The number of thiophene rings is 1. The zero-order valence-corrected chi connectivity index (χ0v) is 14.1. The number of sulfonamides is 1. The van der Waals surface area contributed by atoms with Crippen LogP contribution in [0.5, 0.6) is 0 Å². The van der Waals surface area contributed by atoms with E-state index in [1.165, 1.54) is 11.3 Å². The lowest BCUT2D eigenvalue weighted by Crippen LogP contribution is -2.29. The van der Waals surface area contributed by atoms with Crippen LogP contribution in [0, 0.1) is 0 Å². The second-order valence-electron chi connectivity index (χ2n) is 5.13. The van der Waals surface area contributed by atoms with E-state index in [9.17, 15) is 8.42 Å². The molecule has 0 fully saturated rings. The Labute approximate surface area is 126 Å². The van der Waals surface area contributed by atoms with E-state index in [0.717, 1.165) is 24.3 Å². The molecule has 116 valence electrons. The van der Waals surface area contributed by atoms with E-state index in [-0.39, 0.29) is 0 Å². The van der Waals surface area contributed by atoms with Gasteiger partial charge in [-0.25, -0.2) is 13.1 Å². The molecule has 0 bridgehead atoms. The van der Waals surface area contributed by atoms with Crippen LogP contribution in [-0.2, 0) is 16.6 Å². The summed E-state index contributed by atoms with van der Waals surface area (Å²) < 4.78 is 26.7. The summed E-state index contributed by atoms with van der Waals surface area (Å²) >= 11 is 1.38. The van der Waals surface area contributed by atoms with E-state index in [0.29, 0.717) is 24.0 Å². The average Bonchev–Trinajstić information content (AvgIpc) is 2.87. The van der Waals surface area contributed by atoms with E-state index in [4.69, 9.17) is 5.73 Å². The summed E-state index contributed by atoms with van der Waals surface area (Å²) in [7, 11) is -1.30. The van der Waals surface area contributed by atoms with Crippen molar-refractivity contribution in [3.05, 3.63) is 16.3 Å². The first-order chi connectivity index (χ1) is 9.36. The van der Waals surface area contributed by atoms with Gasteiger partial charge in [0, 0.05) is 29.4 Å². The third-order valence-electron chi connectivity index (χ3n) is 3.25. The first-order valence-electron chi connectivity index (χ1n) is 6.84. The Morgan fingerprint density at radius 3 is 2.65 bits per heavy atom. The number of nitrogens with one attached hydrogen (secondary N) is 1. The highest BCUT2D eigenvalue weighted by Gasteiger charge is 2.15. The quantitative estimate of drug-likeness (QED) is 0.678. The van der Waals surface area contributed by atoms with Crippen LogP contribution >= 0.6 is 11.3 Å². The highest BCUT2D eigenvalue weighted by Crippen LogP contribution is 2.18. The van der Waals surface area contributed by atoms with Crippen molar-refractivity contribution in [3.8, 4) is 0 Å². The zero-order chi connectivity index (χ0) is 15.2. The van der Waals surface area contributed by atoms with E-state index in [1.807, 2.05) is 0 Å². The molecule has 0 saturated carbocycles. The fourth-order valence-corrected chi connectivity index (χ4v) is 3.87. The van der Waals surface area contributed by atoms with Crippen molar-refractivity contribution in [2.45, 2.75) is 44.2 Å². The molecule has 0 unspecified atom stereocenters. The van der Waals surface area contributed by atoms with Gasteiger partial charge < -0.3 is 10.6 Å². The minimum absolute atomic E-state index is 0.322. The van der Waals surface area contributed by atoms with Crippen molar-refractivity contribution in [2.75, 3.05) is 20.1 Å². The summed E-state index contributed by atoms with van der Waals surface area (Å²) in [5.74, 6) is 0. The summed E-state index contributed by atoms with van der Waals surface area (Å²) in [4.78, 5) is 3.45. The molecule has 0 aliphatic heterocycles. The van der Waals surface area contributed by atoms with Crippen LogP contribution in [0.4, 0.5) is 0 Å². The van der Waals surface area contributed by atoms with Gasteiger partial charge in [0.1, 0.15) is 0 Å². The predicted molar refractivity (Wildman–Crippen MR) is 84.4 cm³/mol. The number of hydrogen-bond acceptors (Lipinski definition) is 5. The standard InChI is InChI=1S/C13H25N3O2S2/c1-11(2)16(3)7-5-4-6-15-20(17,18)13-8-12(9-14)19-10-13/h8,10-11,15H,4-7,9,14H2,1-3H3. The molecule has 1 rings (SSSR count). The molecular formula is C13H25N3O2S2. The molecule has 20 heavy (non-hydrogen) atoms. The van der Waals surface area contributed by atoms with Gasteiger partial charge in [-0.15, -0.1) is 11.3 Å². The molecule has 1 aromatic heterocycles. The maximum atomic E-state index is 12.0. The normalized spacial score (nSPS) is 12.5. The van der Waals surface area contributed by atoms with Crippen LogP contribution in [0.1, 0.15) is 31.6 Å². The van der Waals surface area contributed by atoms with Crippen molar-refractivity contribution >= 4 is 21.4 Å². The van der Waals surface area contributed by atoms with Gasteiger partial charge in [-0.2, -0.15) is 0 Å². The molecule has 0 radical (unpaired) electrons. The lowest BCUT2D eigenvalue weighted by Gasteiger charge is -2.20. The molecule has 0 saturated heterocycles. The highest BCUT2D eigenvalue weighted by molar-refractivity contribution is 7.89. The first-order valence-corrected chi connectivity index (χ1v) is 9.20. The maximum absolute atomic E-state index is 12.0. The minimum Gasteiger partial charge on any atom is -0.326 e. The third kappa shape index (κ3) is 5.49. The lowest BCUT2D eigenvalue weighted by molar-refractivity contribution is 0.268.